The van der Waals surface area contributed by atoms with E-state index in [1.807, 2.05) is 12.1 Å². The van der Waals surface area contributed by atoms with Crippen LogP contribution in [-0.4, -0.2) is 56.1 Å². The smallest absolute Gasteiger partial charge is 0.223 e. The topological polar surface area (TPSA) is 70.6 Å². The van der Waals surface area contributed by atoms with Gasteiger partial charge in [0.2, 0.25) is 5.91 Å². The minimum Gasteiger partial charge on any atom is -0.345 e. The second-order valence-electron chi connectivity index (χ2n) is 7.00. The lowest BCUT2D eigenvalue weighted by Crippen LogP contribution is -2.49. The normalized spacial score (nSPS) is 15.0. The van der Waals surface area contributed by atoms with Crippen LogP contribution in [0.5, 0.6) is 0 Å². The van der Waals surface area contributed by atoms with Gasteiger partial charge in [-0.05, 0) is 42.5 Å². The Labute approximate surface area is 192 Å². The standard InChI is InChI=1S/C20H19BrClN3O3S2/c21-14-1-6-17-18(13-14)29-20(23-17)25-10-8-24(9-11-25)19(26)7-12-30(27,28)16-4-2-15(22)3-5-16/h1-6,13H,7-12H2. The van der Waals surface area contributed by atoms with Gasteiger partial charge in [0, 0.05) is 42.1 Å². The van der Waals surface area contributed by atoms with E-state index in [0.717, 1.165) is 19.8 Å². The molecule has 0 radical (unpaired) electrons. The molecule has 2 heterocycles. The molecule has 1 aliphatic heterocycles. The Balaban J connectivity index is 1.33. The summed E-state index contributed by atoms with van der Waals surface area (Å²) in [5.41, 5.74) is 0.962. The number of benzene rings is 2. The van der Waals surface area contributed by atoms with Crippen LogP contribution >= 0.6 is 38.9 Å². The molecule has 4 rings (SSSR count). The molecule has 10 heteroatoms. The molecule has 1 aromatic heterocycles. The molecule has 3 aromatic rings. The molecular formula is C20H19BrClN3O3S2. The van der Waals surface area contributed by atoms with E-state index < -0.39 is 9.84 Å². The van der Waals surface area contributed by atoms with Crippen LogP contribution in [0.25, 0.3) is 10.2 Å². The summed E-state index contributed by atoms with van der Waals surface area (Å²) in [5.74, 6) is -0.346. The molecule has 6 nitrogen and oxygen atoms in total. The van der Waals surface area contributed by atoms with Gasteiger partial charge in [0.15, 0.2) is 15.0 Å². The highest BCUT2D eigenvalue weighted by Gasteiger charge is 2.25. The monoisotopic (exact) mass is 527 g/mol. The Morgan fingerprint density at radius 3 is 2.50 bits per heavy atom. The van der Waals surface area contributed by atoms with Crippen molar-refractivity contribution in [3.8, 4) is 0 Å². The molecule has 158 valence electrons. The zero-order valence-electron chi connectivity index (χ0n) is 15.9. The second kappa shape index (κ2) is 8.82. The molecular weight excluding hydrogens is 510 g/mol. The first-order chi connectivity index (χ1) is 14.3. The third-order valence-electron chi connectivity index (χ3n) is 5.00. The second-order valence-corrected chi connectivity index (χ2v) is 11.5. The number of halogens is 2. The predicted molar refractivity (Wildman–Crippen MR) is 124 cm³/mol. The molecule has 0 N–H and O–H groups in total. The first-order valence-corrected chi connectivity index (χ1v) is 13.0. The summed E-state index contributed by atoms with van der Waals surface area (Å²) >= 11 is 10.9. The van der Waals surface area contributed by atoms with Crippen molar-refractivity contribution in [2.75, 3.05) is 36.8 Å². The summed E-state index contributed by atoms with van der Waals surface area (Å²) in [6.45, 7) is 2.46. The van der Waals surface area contributed by atoms with Crippen LogP contribution in [0.15, 0.2) is 51.8 Å². The number of nitrogens with zero attached hydrogens (tertiary/aromatic N) is 3. The largest absolute Gasteiger partial charge is 0.345 e. The highest BCUT2D eigenvalue weighted by atomic mass is 79.9. The SMILES string of the molecule is O=C(CCS(=O)(=O)c1ccc(Cl)cc1)N1CCN(c2nc3ccc(Br)cc3s2)CC1. The lowest BCUT2D eigenvalue weighted by Gasteiger charge is -2.34. The molecule has 1 amide bonds. The molecule has 0 unspecified atom stereocenters. The van der Waals surface area contributed by atoms with Crippen LogP contribution in [0.4, 0.5) is 5.13 Å². The fourth-order valence-electron chi connectivity index (χ4n) is 3.31. The first kappa shape index (κ1) is 21.5. The number of amides is 1. The average molecular weight is 529 g/mol. The summed E-state index contributed by atoms with van der Waals surface area (Å²) in [5, 5.41) is 1.42. The van der Waals surface area contributed by atoms with E-state index in [0.29, 0.717) is 31.2 Å². The third-order valence-corrected chi connectivity index (χ3v) is 8.56. The van der Waals surface area contributed by atoms with Crippen molar-refractivity contribution >= 4 is 70.0 Å². The molecule has 1 saturated heterocycles. The van der Waals surface area contributed by atoms with E-state index in [4.69, 9.17) is 11.6 Å². The lowest BCUT2D eigenvalue weighted by atomic mass is 10.3. The van der Waals surface area contributed by atoms with Gasteiger partial charge in [-0.25, -0.2) is 13.4 Å². The predicted octanol–water partition coefficient (Wildman–Crippen LogP) is 4.22. The number of thiazole rings is 1. The number of carbonyl (C=O) groups is 1. The maximum absolute atomic E-state index is 12.6. The maximum Gasteiger partial charge on any atom is 0.223 e. The van der Waals surface area contributed by atoms with Crippen molar-refractivity contribution in [2.24, 2.45) is 0 Å². The number of hydrogen-bond acceptors (Lipinski definition) is 6. The minimum atomic E-state index is -3.51. The van der Waals surface area contributed by atoms with Crippen molar-refractivity contribution in [1.82, 2.24) is 9.88 Å². The van der Waals surface area contributed by atoms with Gasteiger partial charge < -0.3 is 9.80 Å². The van der Waals surface area contributed by atoms with E-state index in [1.54, 1.807) is 16.2 Å². The fourth-order valence-corrected chi connectivity index (χ4v) is 6.23. The van der Waals surface area contributed by atoms with E-state index in [-0.39, 0.29) is 23.0 Å². The number of hydrogen-bond donors (Lipinski definition) is 0. The highest BCUT2D eigenvalue weighted by molar-refractivity contribution is 9.10. The Hall–Kier alpha value is -1.68. The molecule has 30 heavy (non-hydrogen) atoms. The summed E-state index contributed by atoms with van der Waals surface area (Å²) in [6, 6.07) is 12.0. The van der Waals surface area contributed by atoms with Crippen molar-refractivity contribution in [3.63, 3.8) is 0 Å². The number of carbonyl (C=O) groups excluding carboxylic acids is 1. The highest BCUT2D eigenvalue weighted by Crippen LogP contribution is 2.31. The van der Waals surface area contributed by atoms with Gasteiger partial charge in [-0.15, -0.1) is 0 Å². The molecule has 0 aliphatic carbocycles. The van der Waals surface area contributed by atoms with Gasteiger partial charge in [0.1, 0.15) is 0 Å². The summed E-state index contributed by atoms with van der Waals surface area (Å²) in [7, 11) is -3.51. The summed E-state index contributed by atoms with van der Waals surface area (Å²) < 4.78 is 27.0. The Bertz CT molecular complexity index is 1170. The number of aromatic nitrogens is 1. The van der Waals surface area contributed by atoms with E-state index in [9.17, 15) is 13.2 Å². The van der Waals surface area contributed by atoms with Crippen molar-refractivity contribution in [2.45, 2.75) is 11.3 Å². The zero-order chi connectivity index (χ0) is 21.3. The first-order valence-electron chi connectivity index (χ1n) is 9.39. The van der Waals surface area contributed by atoms with Crippen molar-refractivity contribution in [3.05, 3.63) is 52.0 Å². The van der Waals surface area contributed by atoms with Crippen molar-refractivity contribution in [1.29, 1.82) is 0 Å². The van der Waals surface area contributed by atoms with Gasteiger partial charge in [0.25, 0.3) is 0 Å². The lowest BCUT2D eigenvalue weighted by molar-refractivity contribution is -0.131. The van der Waals surface area contributed by atoms with Crippen LogP contribution in [0, 0.1) is 0 Å². The van der Waals surface area contributed by atoms with E-state index in [1.165, 1.54) is 24.3 Å². The van der Waals surface area contributed by atoms with Gasteiger partial charge in [0.05, 0.1) is 20.9 Å². The van der Waals surface area contributed by atoms with Crippen LogP contribution in [-0.2, 0) is 14.6 Å². The van der Waals surface area contributed by atoms with E-state index >= 15 is 0 Å². The molecule has 1 fully saturated rings. The van der Waals surface area contributed by atoms with Crippen molar-refractivity contribution < 1.29 is 13.2 Å². The Kier molecular flexibility index (Phi) is 6.34. The minimum absolute atomic E-state index is 0.0277. The Morgan fingerprint density at radius 1 is 1.10 bits per heavy atom. The maximum atomic E-state index is 12.6. The summed E-state index contributed by atoms with van der Waals surface area (Å²) in [4.78, 5) is 21.3. The Morgan fingerprint density at radius 2 is 1.80 bits per heavy atom. The van der Waals surface area contributed by atoms with Gasteiger partial charge in [-0.3, -0.25) is 4.79 Å². The van der Waals surface area contributed by atoms with E-state index in [2.05, 4.69) is 31.9 Å². The molecule has 0 saturated carbocycles. The molecule has 2 aromatic carbocycles. The zero-order valence-corrected chi connectivity index (χ0v) is 19.9. The fraction of sp³-hybridized carbons (Fsp3) is 0.300. The molecule has 0 spiro atoms. The van der Waals surface area contributed by atoms with Crippen LogP contribution in [0.2, 0.25) is 5.02 Å². The number of piperazine rings is 1. The molecule has 0 atom stereocenters. The van der Waals surface area contributed by atoms with Gasteiger partial charge in [-0.1, -0.05) is 38.9 Å². The van der Waals surface area contributed by atoms with Crippen LogP contribution in [0.3, 0.4) is 0 Å². The number of rotatable bonds is 5. The summed E-state index contributed by atoms with van der Waals surface area (Å²) in [6.07, 6.45) is -0.0277. The molecule has 1 aliphatic rings. The number of anilines is 1. The quantitative estimate of drug-likeness (QED) is 0.496. The third kappa shape index (κ3) is 4.80. The number of fused-ring (bicyclic) bond motifs is 1. The van der Waals surface area contributed by atoms with Gasteiger partial charge in [-0.2, -0.15) is 0 Å². The average Bonchev–Trinajstić information content (AvgIpc) is 3.16. The van der Waals surface area contributed by atoms with Gasteiger partial charge >= 0.3 is 0 Å². The van der Waals surface area contributed by atoms with Crippen LogP contribution in [0.1, 0.15) is 6.42 Å². The number of sulfone groups is 1. The molecule has 0 bridgehead atoms. The van der Waals surface area contributed by atoms with Crippen LogP contribution < -0.4 is 4.90 Å².